The van der Waals surface area contributed by atoms with E-state index < -0.39 is 22.7 Å². The van der Waals surface area contributed by atoms with Crippen LogP contribution in [0, 0.1) is 17.6 Å². The second-order valence-electron chi connectivity index (χ2n) is 8.06. The number of benzene rings is 1. The average molecular weight is 386 g/mol. The molecule has 2 aliphatic carbocycles. The fraction of sp³-hybridized carbons (Fsp3) is 0.455. The monoisotopic (exact) mass is 386 g/mol. The van der Waals surface area contributed by atoms with Crippen molar-refractivity contribution in [2.75, 3.05) is 6.61 Å². The molecule has 2 saturated carbocycles. The molecule has 0 saturated heterocycles. The lowest BCUT2D eigenvalue weighted by Gasteiger charge is -2.45. The van der Waals surface area contributed by atoms with Crippen molar-refractivity contribution >= 4 is 5.91 Å². The molecule has 1 aromatic carbocycles. The van der Waals surface area contributed by atoms with Gasteiger partial charge < -0.3 is 10.5 Å². The van der Waals surface area contributed by atoms with Crippen molar-refractivity contribution in [2.45, 2.75) is 49.5 Å². The van der Waals surface area contributed by atoms with Gasteiger partial charge in [0.05, 0.1) is 23.9 Å². The molecule has 2 N–H and O–H groups in total. The summed E-state index contributed by atoms with van der Waals surface area (Å²) in [6.45, 7) is 0.638. The van der Waals surface area contributed by atoms with Crippen molar-refractivity contribution in [3.63, 3.8) is 0 Å². The maximum atomic E-state index is 13.4. The Bertz CT molecular complexity index is 840. The number of halogens is 2. The van der Waals surface area contributed by atoms with Gasteiger partial charge in [0.25, 0.3) is 0 Å². The molecular weight excluding hydrogens is 362 g/mol. The van der Waals surface area contributed by atoms with E-state index in [0.29, 0.717) is 43.9 Å². The summed E-state index contributed by atoms with van der Waals surface area (Å²) in [5.41, 5.74) is 5.71. The lowest BCUT2D eigenvalue weighted by Crippen LogP contribution is -2.49. The van der Waals surface area contributed by atoms with Crippen molar-refractivity contribution in [3.8, 4) is 0 Å². The van der Waals surface area contributed by atoms with Gasteiger partial charge in [-0.1, -0.05) is 12.1 Å². The molecule has 0 bridgehead atoms. The first-order valence-electron chi connectivity index (χ1n) is 9.76. The minimum absolute atomic E-state index is 0.350. The van der Waals surface area contributed by atoms with Gasteiger partial charge in [-0.25, -0.2) is 8.78 Å². The van der Waals surface area contributed by atoms with Gasteiger partial charge in [0.15, 0.2) is 0 Å². The maximum absolute atomic E-state index is 13.4. The highest BCUT2D eigenvalue weighted by Gasteiger charge is 2.49. The Morgan fingerprint density at radius 1 is 1.04 bits per heavy atom. The summed E-state index contributed by atoms with van der Waals surface area (Å²) >= 11 is 0. The van der Waals surface area contributed by atoms with E-state index in [4.69, 9.17) is 10.5 Å². The first-order valence-corrected chi connectivity index (χ1v) is 9.76. The standard InChI is InChI=1S/C22H24F2N2O2/c23-17-5-3-16(4-6-17)21(20(25)27)9-11-22(12-10-21,28-14-15-1-2-15)19-8-7-18(24)13-26-19/h3-8,13,15H,1-2,9-12,14H2,(H2,25,27)/t21-,22+. The van der Waals surface area contributed by atoms with E-state index in [1.807, 2.05) is 0 Å². The fourth-order valence-corrected chi connectivity index (χ4v) is 4.21. The van der Waals surface area contributed by atoms with Crippen molar-refractivity contribution in [1.82, 2.24) is 4.98 Å². The molecule has 0 atom stereocenters. The molecule has 148 valence electrons. The van der Waals surface area contributed by atoms with Crippen LogP contribution < -0.4 is 5.73 Å². The molecule has 2 aliphatic rings. The summed E-state index contributed by atoms with van der Waals surface area (Å²) in [7, 11) is 0. The molecular formula is C22H24F2N2O2. The smallest absolute Gasteiger partial charge is 0.228 e. The summed E-state index contributed by atoms with van der Waals surface area (Å²) in [6, 6.07) is 9.03. The van der Waals surface area contributed by atoms with Crippen LogP contribution in [0.5, 0.6) is 0 Å². The molecule has 1 heterocycles. The molecule has 4 nitrogen and oxygen atoms in total. The first kappa shape index (κ1) is 19.0. The molecule has 4 rings (SSSR count). The van der Waals surface area contributed by atoms with Gasteiger partial charge in [0.2, 0.25) is 5.91 Å². The van der Waals surface area contributed by atoms with Crippen LogP contribution in [0.1, 0.15) is 49.8 Å². The zero-order chi connectivity index (χ0) is 19.8. The Balaban J connectivity index is 1.63. The molecule has 0 spiro atoms. The van der Waals surface area contributed by atoms with Crippen LogP contribution in [0.25, 0.3) is 0 Å². The minimum Gasteiger partial charge on any atom is -0.369 e. The van der Waals surface area contributed by atoms with Gasteiger partial charge in [0.1, 0.15) is 17.2 Å². The SMILES string of the molecule is NC(=O)[C@]1(c2ccc(F)cc2)CC[C@@](OCC2CC2)(c2ccc(F)cn2)CC1. The molecule has 1 amide bonds. The van der Waals surface area contributed by atoms with E-state index in [9.17, 15) is 13.6 Å². The van der Waals surface area contributed by atoms with Crippen LogP contribution >= 0.6 is 0 Å². The predicted molar refractivity (Wildman–Crippen MR) is 100 cm³/mol. The fourth-order valence-electron chi connectivity index (χ4n) is 4.21. The molecule has 1 aromatic heterocycles. The number of carbonyl (C=O) groups is 1. The van der Waals surface area contributed by atoms with Crippen molar-refractivity contribution in [2.24, 2.45) is 11.7 Å². The second kappa shape index (κ2) is 7.24. The van der Waals surface area contributed by atoms with Crippen LogP contribution in [-0.4, -0.2) is 17.5 Å². The first-order chi connectivity index (χ1) is 13.4. The summed E-state index contributed by atoms with van der Waals surface area (Å²) in [4.78, 5) is 16.7. The normalized spacial score (nSPS) is 27.5. The molecule has 2 fully saturated rings. The van der Waals surface area contributed by atoms with Gasteiger partial charge in [-0.05, 0) is 74.3 Å². The van der Waals surface area contributed by atoms with E-state index in [-0.39, 0.29) is 5.82 Å². The number of carbonyl (C=O) groups excluding carboxylic acids is 1. The summed E-state index contributed by atoms with van der Waals surface area (Å²) < 4.78 is 33.1. The highest BCUT2D eigenvalue weighted by molar-refractivity contribution is 5.87. The van der Waals surface area contributed by atoms with E-state index >= 15 is 0 Å². The number of nitrogens with two attached hydrogens (primary N) is 1. The third-order valence-corrected chi connectivity index (χ3v) is 6.27. The zero-order valence-electron chi connectivity index (χ0n) is 15.7. The topological polar surface area (TPSA) is 65.2 Å². The lowest BCUT2D eigenvalue weighted by molar-refractivity contribution is -0.132. The van der Waals surface area contributed by atoms with Crippen LogP contribution in [0.15, 0.2) is 42.6 Å². The molecule has 2 aromatic rings. The van der Waals surface area contributed by atoms with E-state index in [2.05, 4.69) is 4.98 Å². The molecule has 0 unspecified atom stereocenters. The summed E-state index contributed by atoms with van der Waals surface area (Å²) in [5.74, 6) is -0.592. The third-order valence-electron chi connectivity index (χ3n) is 6.27. The highest BCUT2D eigenvalue weighted by Crippen LogP contribution is 2.49. The van der Waals surface area contributed by atoms with Crippen molar-refractivity contribution in [1.29, 1.82) is 0 Å². The average Bonchev–Trinajstić information content (AvgIpc) is 3.52. The largest absolute Gasteiger partial charge is 0.369 e. The Morgan fingerprint density at radius 3 is 2.21 bits per heavy atom. The number of pyridine rings is 1. The quantitative estimate of drug-likeness (QED) is 0.817. The van der Waals surface area contributed by atoms with Gasteiger partial charge >= 0.3 is 0 Å². The van der Waals surface area contributed by atoms with Gasteiger partial charge in [-0.2, -0.15) is 0 Å². The Morgan fingerprint density at radius 2 is 1.68 bits per heavy atom. The van der Waals surface area contributed by atoms with Crippen LogP contribution in [0.2, 0.25) is 0 Å². The minimum atomic E-state index is -0.861. The number of aromatic nitrogens is 1. The molecule has 0 aliphatic heterocycles. The Kier molecular flexibility index (Phi) is 4.91. The Hall–Kier alpha value is -2.34. The molecule has 28 heavy (non-hydrogen) atoms. The van der Waals surface area contributed by atoms with Gasteiger partial charge in [0, 0.05) is 0 Å². The third kappa shape index (κ3) is 3.53. The number of nitrogens with zero attached hydrogens (tertiary/aromatic N) is 1. The highest BCUT2D eigenvalue weighted by atomic mass is 19.1. The van der Waals surface area contributed by atoms with E-state index in [1.165, 1.54) is 24.4 Å². The summed E-state index contributed by atoms with van der Waals surface area (Å²) in [6.07, 6.45) is 5.54. The number of rotatable bonds is 6. The molecule has 6 heteroatoms. The van der Waals surface area contributed by atoms with Crippen LogP contribution in [-0.2, 0) is 20.5 Å². The maximum Gasteiger partial charge on any atom is 0.228 e. The number of hydrogen-bond donors (Lipinski definition) is 1. The van der Waals surface area contributed by atoms with Crippen LogP contribution in [0.4, 0.5) is 8.78 Å². The van der Waals surface area contributed by atoms with Crippen molar-refractivity contribution < 1.29 is 18.3 Å². The number of amides is 1. The second-order valence-corrected chi connectivity index (χ2v) is 8.06. The zero-order valence-corrected chi connectivity index (χ0v) is 15.7. The summed E-state index contributed by atoms with van der Waals surface area (Å²) in [5, 5.41) is 0. The van der Waals surface area contributed by atoms with Gasteiger partial charge in [-0.15, -0.1) is 0 Å². The predicted octanol–water partition coefficient (Wildman–Crippen LogP) is 3.98. The lowest BCUT2D eigenvalue weighted by atomic mass is 9.64. The van der Waals surface area contributed by atoms with Gasteiger partial charge in [-0.3, -0.25) is 9.78 Å². The van der Waals surface area contributed by atoms with Crippen LogP contribution in [0.3, 0.4) is 0 Å². The number of ether oxygens (including phenoxy) is 1. The van der Waals surface area contributed by atoms with Crippen molar-refractivity contribution in [3.05, 3.63) is 65.5 Å². The van der Waals surface area contributed by atoms with E-state index in [1.54, 1.807) is 18.2 Å². The molecule has 0 radical (unpaired) electrons. The van der Waals surface area contributed by atoms with E-state index in [0.717, 1.165) is 18.4 Å². The number of primary amides is 1. The number of hydrogen-bond acceptors (Lipinski definition) is 3. The Labute approximate surface area is 163 Å².